The molecule has 1 heterocycles. The third-order valence-corrected chi connectivity index (χ3v) is 3.32. The summed E-state index contributed by atoms with van der Waals surface area (Å²) in [7, 11) is 0. The van der Waals surface area contributed by atoms with Gasteiger partial charge in [0, 0.05) is 18.4 Å². The number of carbonyl (C=O) groups excluding carboxylic acids is 2. The van der Waals surface area contributed by atoms with Gasteiger partial charge < -0.3 is 4.90 Å². The van der Waals surface area contributed by atoms with Crippen LogP contribution in [-0.2, 0) is 9.59 Å². The van der Waals surface area contributed by atoms with E-state index in [1.165, 1.54) is 0 Å². The Hall–Kier alpha value is -2.16. The van der Waals surface area contributed by atoms with Gasteiger partial charge in [0.25, 0.3) is 0 Å². The number of carbonyl (C=O) groups is 2. The second kappa shape index (κ2) is 4.26. The predicted octanol–water partition coefficient (Wildman–Crippen LogP) is 2.54. The van der Waals surface area contributed by atoms with Crippen molar-refractivity contribution in [2.24, 2.45) is 0 Å². The number of ketones is 1. The maximum Gasteiger partial charge on any atom is 0.234 e. The lowest BCUT2D eigenvalue weighted by Gasteiger charge is -2.27. The van der Waals surface area contributed by atoms with Gasteiger partial charge in [-0.05, 0) is 11.5 Å². The van der Waals surface area contributed by atoms with Crippen molar-refractivity contribution >= 4 is 28.2 Å². The Labute approximate surface area is 105 Å². The van der Waals surface area contributed by atoms with Crippen LogP contribution in [0.5, 0.6) is 0 Å². The topological polar surface area (TPSA) is 37.4 Å². The van der Waals surface area contributed by atoms with Gasteiger partial charge in [-0.1, -0.05) is 36.4 Å². The zero-order valence-corrected chi connectivity index (χ0v) is 9.93. The number of hydrogen-bond donors (Lipinski definition) is 0. The number of Topliss-reactive ketones (excluding diaryl/α,β-unsaturated/α-hetero) is 1. The summed E-state index contributed by atoms with van der Waals surface area (Å²) in [5, 5.41) is 2.17. The first-order valence-corrected chi connectivity index (χ1v) is 6.05. The van der Waals surface area contributed by atoms with E-state index in [0.717, 1.165) is 16.5 Å². The average molecular weight is 239 g/mol. The van der Waals surface area contributed by atoms with E-state index in [1.54, 1.807) is 4.90 Å². The number of fused-ring (bicyclic) bond motifs is 1. The van der Waals surface area contributed by atoms with Gasteiger partial charge >= 0.3 is 0 Å². The van der Waals surface area contributed by atoms with Crippen molar-refractivity contribution in [3.63, 3.8) is 0 Å². The molecule has 3 heteroatoms. The highest BCUT2D eigenvalue weighted by molar-refractivity contribution is 6.12. The van der Waals surface area contributed by atoms with Crippen molar-refractivity contribution in [2.45, 2.75) is 12.8 Å². The average Bonchev–Trinajstić information content (AvgIpc) is 2.38. The molecule has 18 heavy (non-hydrogen) atoms. The van der Waals surface area contributed by atoms with Crippen molar-refractivity contribution < 1.29 is 9.59 Å². The fourth-order valence-electron chi connectivity index (χ4n) is 2.41. The van der Waals surface area contributed by atoms with Crippen LogP contribution in [0.4, 0.5) is 5.69 Å². The maximum absolute atomic E-state index is 12.0. The molecule has 3 nitrogen and oxygen atoms in total. The molecule has 2 aromatic rings. The van der Waals surface area contributed by atoms with Gasteiger partial charge in [-0.3, -0.25) is 9.59 Å². The van der Waals surface area contributed by atoms with Crippen molar-refractivity contribution in [2.75, 3.05) is 11.4 Å². The van der Waals surface area contributed by atoms with E-state index in [9.17, 15) is 9.59 Å². The Morgan fingerprint density at radius 3 is 2.56 bits per heavy atom. The molecule has 2 aromatic carbocycles. The molecule has 1 aliphatic rings. The predicted molar refractivity (Wildman–Crippen MR) is 70.5 cm³/mol. The summed E-state index contributed by atoms with van der Waals surface area (Å²) >= 11 is 0. The van der Waals surface area contributed by atoms with Crippen molar-refractivity contribution in [3.8, 4) is 0 Å². The molecule has 0 saturated carbocycles. The molecule has 90 valence electrons. The number of hydrogen-bond acceptors (Lipinski definition) is 2. The van der Waals surface area contributed by atoms with Crippen molar-refractivity contribution in [3.05, 3.63) is 42.5 Å². The minimum Gasteiger partial charge on any atom is -0.311 e. The summed E-state index contributed by atoms with van der Waals surface area (Å²) in [6, 6.07) is 13.9. The van der Waals surface area contributed by atoms with E-state index >= 15 is 0 Å². The molecule has 0 bridgehead atoms. The lowest BCUT2D eigenvalue weighted by molar-refractivity contribution is -0.128. The highest BCUT2D eigenvalue weighted by Crippen LogP contribution is 2.28. The van der Waals surface area contributed by atoms with E-state index in [-0.39, 0.29) is 18.1 Å². The highest BCUT2D eigenvalue weighted by atomic mass is 16.2. The van der Waals surface area contributed by atoms with Crippen LogP contribution in [0.1, 0.15) is 12.8 Å². The van der Waals surface area contributed by atoms with E-state index in [1.807, 2.05) is 42.5 Å². The largest absolute Gasteiger partial charge is 0.311 e. The second-order valence-electron chi connectivity index (χ2n) is 4.51. The summed E-state index contributed by atoms with van der Waals surface area (Å²) in [6.45, 7) is 0.492. The van der Waals surface area contributed by atoms with Crippen LogP contribution in [0.15, 0.2) is 42.5 Å². The van der Waals surface area contributed by atoms with Gasteiger partial charge in [-0.25, -0.2) is 0 Å². The van der Waals surface area contributed by atoms with Crippen LogP contribution < -0.4 is 4.90 Å². The third-order valence-electron chi connectivity index (χ3n) is 3.32. The molecular weight excluding hydrogens is 226 g/mol. The standard InChI is InChI=1S/C15H13NO2/c17-12-8-9-16(15(18)10-12)14-7-3-5-11-4-1-2-6-13(11)14/h1-7H,8-10H2. The Morgan fingerprint density at radius 1 is 0.944 bits per heavy atom. The normalized spacial score (nSPS) is 16.3. The van der Waals surface area contributed by atoms with Gasteiger partial charge in [-0.2, -0.15) is 0 Å². The number of piperidine rings is 1. The molecule has 3 rings (SSSR count). The number of rotatable bonds is 1. The summed E-state index contributed by atoms with van der Waals surface area (Å²) in [5.41, 5.74) is 0.908. The molecule has 1 saturated heterocycles. The highest BCUT2D eigenvalue weighted by Gasteiger charge is 2.25. The Kier molecular flexibility index (Phi) is 2.59. The monoisotopic (exact) mass is 239 g/mol. The summed E-state index contributed by atoms with van der Waals surface area (Å²) in [5.74, 6) is -0.0564. The molecular formula is C15H13NO2. The molecule has 1 fully saturated rings. The lowest BCUT2D eigenvalue weighted by Crippen LogP contribution is -2.39. The van der Waals surface area contributed by atoms with Crippen LogP contribution in [0, 0.1) is 0 Å². The SMILES string of the molecule is O=C1CCN(c2cccc3ccccc23)C(=O)C1. The number of benzene rings is 2. The van der Waals surface area contributed by atoms with Gasteiger partial charge in [0.2, 0.25) is 5.91 Å². The molecule has 0 N–H and O–H groups in total. The van der Waals surface area contributed by atoms with Gasteiger partial charge in [0.15, 0.2) is 0 Å². The van der Waals surface area contributed by atoms with E-state index in [0.29, 0.717) is 13.0 Å². The third kappa shape index (κ3) is 1.78. The van der Waals surface area contributed by atoms with Crippen molar-refractivity contribution in [1.82, 2.24) is 0 Å². The van der Waals surface area contributed by atoms with E-state index in [4.69, 9.17) is 0 Å². The molecule has 0 unspecified atom stereocenters. The van der Waals surface area contributed by atoms with Gasteiger partial charge in [-0.15, -0.1) is 0 Å². The first-order chi connectivity index (χ1) is 8.75. The Balaban J connectivity index is 2.09. The van der Waals surface area contributed by atoms with Gasteiger partial charge in [0.05, 0.1) is 12.1 Å². The molecule has 0 spiro atoms. The molecule has 0 radical (unpaired) electrons. The molecule has 0 atom stereocenters. The number of anilines is 1. The first-order valence-electron chi connectivity index (χ1n) is 6.05. The zero-order valence-electron chi connectivity index (χ0n) is 9.93. The summed E-state index contributed by atoms with van der Waals surface area (Å²) in [4.78, 5) is 24.9. The second-order valence-corrected chi connectivity index (χ2v) is 4.51. The zero-order chi connectivity index (χ0) is 12.5. The Morgan fingerprint density at radius 2 is 1.72 bits per heavy atom. The fourth-order valence-corrected chi connectivity index (χ4v) is 2.41. The smallest absolute Gasteiger partial charge is 0.234 e. The molecule has 0 aliphatic carbocycles. The van der Waals surface area contributed by atoms with Crippen molar-refractivity contribution in [1.29, 1.82) is 0 Å². The lowest BCUT2D eigenvalue weighted by atomic mass is 10.0. The summed E-state index contributed by atoms with van der Waals surface area (Å²) < 4.78 is 0. The van der Waals surface area contributed by atoms with Gasteiger partial charge in [0.1, 0.15) is 5.78 Å². The molecule has 0 aromatic heterocycles. The van der Waals surface area contributed by atoms with Crippen LogP contribution in [0.3, 0.4) is 0 Å². The van der Waals surface area contributed by atoms with E-state index < -0.39 is 0 Å². The van der Waals surface area contributed by atoms with Crippen LogP contribution in [-0.4, -0.2) is 18.2 Å². The van der Waals surface area contributed by atoms with Crippen LogP contribution in [0.25, 0.3) is 10.8 Å². The summed E-state index contributed by atoms with van der Waals surface area (Å²) in [6.07, 6.45) is 0.484. The minimum atomic E-state index is -0.0948. The fraction of sp³-hybridized carbons (Fsp3) is 0.200. The minimum absolute atomic E-state index is 0.0310. The number of amides is 1. The quantitative estimate of drug-likeness (QED) is 0.717. The van der Waals surface area contributed by atoms with Crippen LogP contribution >= 0.6 is 0 Å². The molecule has 1 amide bonds. The Bertz CT molecular complexity index is 628. The first kappa shape index (κ1) is 11.0. The van der Waals surface area contributed by atoms with E-state index in [2.05, 4.69) is 0 Å². The molecule has 1 aliphatic heterocycles. The van der Waals surface area contributed by atoms with Crippen LogP contribution in [0.2, 0.25) is 0 Å². The maximum atomic E-state index is 12.0. The number of nitrogens with zero attached hydrogens (tertiary/aromatic N) is 1.